The number of phenols is 1. The molecule has 3 unspecified atom stereocenters. The summed E-state index contributed by atoms with van der Waals surface area (Å²) in [5.74, 6) is 0.267. The zero-order valence-corrected chi connectivity index (χ0v) is 21.4. The molecule has 2 aliphatic rings. The van der Waals surface area contributed by atoms with Crippen LogP contribution in [-0.4, -0.2) is 11.0 Å². The molecule has 0 aromatic heterocycles. The van der Waals surface area contributed by atoms with Gasteiger partial charge in [0.25, 0.3) is 5.91 Å². The molecule has 0 saturated carbocycles. The number of benzene rings is 3. The van der Waals surface area contributed by atoms with Crippen LogP contribution in [0.3, 0.4) is 0 Å². The summed E-state index contributed by atoms with van der Waals surface area (Å²) < 4.78 is 0. The van der Waals surface area contributed by atoms with Crippen molar-refractivity contribution < 1.29 is 9.90 Å². The number of phenolic OH excluding ortho intramolecular Hbond substituents is 1. The van der Waals surface area contributed by atoms with Gasteiger partial charge in [0.05, 0.1) is 11.1 Å². The van der Waals surface area contributed by atoms with E-state index < -0.39 is 0 Å². The third-order valence-corrected chi connectivity index (χ3v) is 7.53. The number of rotatable bonds is 3. The van der Waals surface area contributed by atoms with Gasteiger partial charge in [0, 0.05) is 33.4 Å². The molecule has 0 spiro atoms. The Bertz CT molecular complexity index is 1330. The highest BCUT2D eigenvalue weighted by molar-refractivity contribution is 6.35. The second-order valence-electron chi connectivity index (χ2n) is 10.4. The zero-order chi connectivity index (χ0) is 24.9. The molecule has 0 fully saturated rings. The van der Waals surface area contributed by atoms with Gasteiger partial charge < -0.3 is 15.7 Å². The summed E-state index contributed by atoms with van der Waals surface area (Å²) in [4.78, 5) is 12.9. The predicted molar refractivity (Wildman–Crippen MR) is 144 cm³/mol. The summed E-state index contributed by atoms with van der Waals surface area (Å²) in [6.07, 6.45) is 5.24. The molecule has 3 aromatic rings. The Morgan fingerprint density at radius 2 is 1.77 bits per heavy atom. The smallest absolute Gasteiger partial charge is 0.255 e. The van der Waals surface area contributed by atoms with Crippen LogP contribution >= 0.6 is 23.2 Å². The Morgan fingerprint density at radius 1 is 1.03 bits per heavy atom. The fourth-order valence-corrected chi connectivity index (χ4v) is 5.64. The maximum absolute atomic E-state index is 12.9. The van der Waals surface area contributed by atoms with Crippen LogP contribution in [0.25, 0.3) is 0 Å². The van der Waals surface area contributed by atoms with Gasteiger partial charge in [-0.1, -0.05) is 68.3 Å². The maximum atomic E-state index is 12.9. The lowest BCUT2D eigenvalue weighted by atomic mass is 9.76. The lowest BCUT2D eigenvalue weighted by molar-refractivity contribution is 0.102. The maximum Gasteiger partial charge on any atom is 0.255 e. The summed E-state index contributed by atoms with van der Waals surface area (Å²) in [6.45, 7) is 6.46. The number of amides is 1. The number of nitrogens with one attached hydrogen (secondary N) is 2. The normalized spacial score (nSPS) is 20.7. The van der Waals surface area contributed by atoms with Crippen molar-refractivity contribution in [2.75, 3.05) is 10.6 Å². The molecule has 0 bridgehead atoms. The molecule has 0 saturated heterocycles. The number of fused-ring (bicyclic) bond motifs is 3. The Kier molecular flexibility index (Phi) is 6.06. The number of anilines is 2. The molecule has 180 valence electrons. The van der Waals surface area contributed by atoms with Crippen molar-refractivity contribution in [3.05, 3.63) is 99.0 Å². The van der Waals surface area contributed by atoms with Gasteiger partial charge in [0.2, 0.25) is 0 Å². The van der Waals surface area contributed by atoms with Crippen molar-refractivity contribution in [3.8, 4) is 5.75 Å². The summed E-state index contributed by atoms with van der Waals surface area (Å²) in [7, 11) is 0. The number of allylic oxidation sites excluding steroid dienone is 2. The number of halogens is 2. The highest BCUT2D eigenvalue weighted by Crippen LogP contribution is 2.52. The van der Waals surface area contributed by atoms with Crippen LogP contribution in [0, 0.1) is 5.92 Å². The van der Waals surface area contributed by atoms with Crippen molar-refractivity contribution in [2.45, 2.75) is 44.6 Å². The van der Waals surface area contributed by atoms with Crippen LogP contribution in [0.1, 0.15) is 66.2 Å². The van der Waals surface area contributed by atoms with Gasteiger partial charge in [-0.15, -0.1) is 0 Å². The standard InChI is InChI=1S/C29H28Cl2N2O2/c1-29(2,3)17-9-7-16(8-10-17)28(35)32-19-11-12-25-22(15-19)20-5-4-6-21(20)26(33-25)23-13-18(30)14-24(31)27(23)34/h4-5,7-15,20-21,26,33-34H,6H2,1-3H3,(H,32,35). The summed E-state index contributed by atoms with van der Waals surface area (Å²) in [5, 5.41) is 18.0. The van der Waals surface area contributed by atoms with E-state index in [1.165, 1.54) is 5.56 Å². The fourth-order valence-electron chi connectivity index (χ4n) is 5.13. The van der Waals surface area contributed by atoms with Gasteiger partial charge >= 0.3 is 0 Å². The fraction of sp³-hybridized carbons (Fsp3) is 0.276. The van der Waals surface area contributed by atoms with Crippen molar-refractivity contribution in [3.63, 3.8) is 0 Å². The first-order valence-electron chi connectivity index (χ1n) is 11.8. The summed E-state index contributed by atoms with van der Waals surface area (Å²) in [5.41, 5.74) is 5.39. The lowest BCUT2D eigenvalue weighted by Gasteiger charge is -2.38. The van der Waals surface area contributed by atoms with E-state index in [4.69, 9.17) is 23.2 Å². The Morgan fingerprint density at radius 3 is 2.49 bits per heavy atom. The minimum Gasteiger partial charge on any atom is -0.506 e. The number of aromatic hydroxyl groups is 1. The number of hydrogen-bond acceptors (Lipinski definition) is 3. The molecule has 35 heavy (non-hydrogen) atoms. The molecule has 6 heteroatoms. The van der Waals surface area contributed by atoms with Crippen molar-refractivity contribution in [2.24, 2.45) is 5.92 Å². The first-order chi connectivity index (χ1) is 16.6. The van der Waals surface area contributed by atoms with E-state index in [1.54, 1.807) is 12.1 Å². The van der Waals surface area contributed by atoms with E-state index in [-0.39, 0.29) is 40.0 Å². The van der Waals surface area contributed by atoms with Crippen molar-refractivity contribution in [1.82, 2.24) is 0 Å². The van der Waals surface area contributed by atoms with Crippen molar-refractivity contribution in [1.29, 1.82) is 0 Å². The van der Waals surface area contributed by atoms with E-state index in [1.807, 2.05) is 42.5 Å². The molecule has 4 nitrogen and oxygen atoms in total. The Labute approximate surface area is 216 Å². The zero-order valence-electron chi connectivity index (χ0n) is 19.9. The highest BCUT2D eigenvalue weighted by Gasteiger charge is 2.39. The number of hydrogen-bond donors (Lipinski definition) is 3. The van der Waals surface area contributed by atoms with E-state index in [0.29, 0.717) is 16.1 Å². The third kappa shape index (κ3) is 4.53. The molecular weight excluding hydrogens is 479 g/mol. The van der Waals surface area contributed by atoms with Crippen LogP contribution in [0.15, 0.2) is 66.7 Å². The molecular formula is C29H28Cl2N2O2. The highest BCUT2D eigenvalue weighted by atomic mass is 35.5. The molecule has 0 radical (unpaired) electrons. The van der Waals surface area contributed by atoms with Gasteiger partial charge in [0.15, 0.2) is 0 Å². The average molecular weight is 507 g/mol. The molecule has 1 aliphatic carbocycles. The van der Waals surface area contributed by atoms with Gasteiger partial charge in [-0.05, 0) is 71.3 Å². The molecule has 1 heterocycles. The Hall–Kier alpha value is -2.95. The van der Waals surface area contributed by atoms with Gasteiger partial charge in [-0.2, -0.15) is 0 Å². The largest absolute Gasteiger partial charge is 0.506 e. The summed E-state index contributed by atoms with van der Waals surface area (Å²) >= 11 is 12.5. The second kappa shape index (κ2) is 8.92. The summed E-state index contributed by atoms with van der Waals surface area (Å²) in [6, 6.07) is 16.9. The predicted octanol–water partition coefficient (Wildman–Crippen LogP) is 8.08. The third-order valence-electron chi connectivity index (χ3n) is 7.03. The second-order valence-corrected chi connectivity index (χ2v) is 11.2. The van der Waals surface area contributed by atoms with Crippen LogP contribution in [-0.2, 0) is 5.41 Å². The first-order valence-corrected chi connectivity index (χ1v) is 12.5. The average Bonchev–Trinajstić information content (AvgIpc) is 3.31. The molecule has 1 amide bonds. The van der Waals surface area contributed by atoms with Gasteiger partial charge in [0.1, 0.15) is 5.75 Å². The number of carbonyl (C=O) groups is 1. The molecule has 3 N–H and O–H groups in total. The van der Waals surface area contributed by atoms with Crippen LogP contribution < -0.4 is 10.6 Å². The first kappa shape index (κ1) is 23.8. The van der Waals surface area contributed by atoms with E-state index in [9.17, 15) is 9.90 Å². The van der Waals surface area contributed by atoms with E-state index in [0.717, 1.165) is 23.4 Å². The van der Waals surface area contributed by atoms with Crippen LogP contribution in [0.2, 0.25) is 10.0 Å². The Balaban J connectivity index is 1.41. The van der Waals surface area contributed by atoms with Crippen molar-refractivity contribution >= 4 is 40.5 Å². The minimum absolute atomic E-state index is 0.0386. The quantitative estimate of drug-likeness (QED) is 0.314. The monoisotopic (exact) mass is 506 g/mol. The van der Waals surface area contributed by atoms with Crippen LogP contribution in [0.5, 0.6) is 5.75 Å². The minimum atomic E-state index is -0.138. The SMILES string of the molecule is CC(C)(C)c1ccc(C(=O)Nc2ccc3c(c2)C2C=CCC2C(c2cc(Cl)cc(Cl)c2O)N3)cc1. The molecule has 3 aromatic carbocycles. The molecule has 1 aliphatic heterocycles. The van der Waals surface area contributed by atoms with Gasteiger partial charge in [-0.3, -0.25) is 4.79 Å². The van der Waals surface area contributed by atoms with E-state index in [2.05, 4.69) is 43.6 Å². The molecule has 5 rings (SSSR count). The topological polar surface area (TPSA) is 61.4 Å². The van der Waals surface area contributed by atoms with Gasteiger partial charge in [-0.25, -0.2) is 0 Å². The molecule has 3 atom stereocenters. The lowest BCUT2D eigenvalue weighted by Crippen LogP contribution is -2.29. The van der Waals surface area contributed by atoms with E-state index >= 15 is 0 Å². The van der Waals surface area contributed by atoms with Crippen LogP contribution in [0.4, 0.5) is 11.4 Å². The number of carbonyl (C=O) groups excluding carboxylic acids is 1.